The zero-order valence-corrected chi connectivity index (χ0v) is 14.9. The summed E-state index contributed by atoms with van der Waals surface area (Å²) < 4.78 is 2.45. The second-order valence-corrected chi connectivity index (χ2v) is 6.71. The van der Waals surface area contributed by atoms with Gasteiger partial charge in [0.2, 0.25) is 0 Å². The van der Waals surface area contributed by atoms with Gasteiger partial charge in [0.1, 0.15) is 11.3 Å². The first kappa shape index (κ1) is 16.0. The van der Waals surface area contributed by atoms with Crippen molar-refractivity contribution >= 4 is 33.6 Å². The molecule has 0 saturated heterocycles. The first-order valence-electron chi connectivity index (χ1n) is 7.54. The van der Waals surface area contributed by atoms with Crippen molar-refractivity contribution in [2.75, 3.05) is 0 Å². The van der Waals surface area contributed by atoms with Crippen molar-refractivity contribution < 1.29 is 0 Å². The zero-order chi connectivity index (χ0) is 16.4. The van der Waals surface area contributed by atoms with Gasteiger partial charge in [-0.1, -0.05) is 25.5 Å². The lowest BCUT2D eigenvalue weighted by atomic mass is 10.2. The summed E-state index contributed by atoms with van der Waals surface area (Å²) in [6, 6.07) is 7.82. The summed E-state index contributed by atoms with van der Waals surface area (Å²) >= 11 is 2.22. The molecule has 0 saturated carbocycles. The second kappa shape index (κ2) is 6.69. The number of aryl methyl sites for hydroxylation is 1. The molecular formula is C16H17IN4O2. The molecule has 0 fully saturated rings. The molecule has 0 spiro atoms. The van der Waals surface area contributed by atoms with Crippen LogP contribution in [0, 0.1) is 3.57 Å². The summed E-state index contributed by atoms with van der Waals surface area (Å²) in [5.41, 5.74) is 0.830. The summed E-state index contributed by atoms with van der Waals surface area (Å²) in [5, 5.41) is 2.62. The van der Waals surface area contributed by atoms with Gasteiger partial charge in [-0.3, -0.25) is 14.7 Å². The minimum absolute atomic E-state index is 0.194. The number of benzene rings is 1. The van der Waals surface area contributed by atoms with Crippen LogP contribution < -0.4 is 11.1 Å². The number of H-pyrrole nitrogens is 2. The zero-order valence-electron chi connectivity index (χ0n) is 12.7. The van der Waals surface area contributed by atoms with Gasteiger partial charge in [-0.25, -0.2) is 9.67 Å². The number of halogens is 1. The van der Waals surface area contributed by atoms with Crippen molar-refractivity contribution in [3.8, 4) is 0 Å². The monoisotopic (exact) mass is 424 g/mol. The van der Waals surface area contributed by atoms with Crippen molar-refractivity contribution in [1.82, 2.24) is 19.7 Å². The molecule has 0 aliphatic heterocycles. The molecule has 0 unspecified atom stereocenters. The van der Waals surface area contributed by atoms with Crippen LogP contribution >= 0.6 is 22.6 Å². The summed E-state index contributed by atoms with van der Waals surface area (Å²) in [5.74, 6) is 0.691. The number of unbranched alkanes of at least 4 members (excludes halogenated alkanes) is 1. The molecule has 2 N–H and O–H groups in total. The molecule has 3 rings (SSSR count). The third-order valence-electron chi connectivity index (χ3n) is 3.68. The molecule has 23 heavy (non-hydrogen) atoms. The number of hydrogen-bond acceptors (Lipinski definition) is 3. The standard InChI is InChI=1S/C16H17IN4O2/c1-2-3-4-12-18-13-14(19-12)16(23)21(20-15(13)22)9-10-5-7-11(17)8-6-10/h5-8H,2-4,9H2,1H3,(H,18,19)(H,20,22). The highest BCUT2D eigenvalue weighted by Gasteiger charge is 2.12. The van der Waals surface area contributed by atoms with E-state index in [1.54, 1.807) is 0 Å². The minimum atomic E-state index is -0.343. The van der Waals surface area contributed by atoms with Crippen LogP contribution in [0.3, 0.4) is 0 Å². The van der Waals surface area contributed by atoms with Crippen LogP contribution in [0.1, 0.15) is 31.2 Å². The van der Waals surface area contributed by atoms with E-state index in [9.17, 15) is 9.59 Å². The first-order valence-corrected chi connectivity index (χ1v) is 8.62. The van der Waals surface area contributed by atoms with E-state index in [1.165, 1.54) is 4.68 Å². The SMILES string of the molecule is CCCCc1nc2c(=O)[nH]n(Cc3ccc(I)cc3)c(=O)c2[nH]1. The highest BCUT2D eigenvalue weighted by atomic mass is 127. The summed E-state index contributed by atoms with van der Waals surface area (Å²) in [6.45, 7) is 2.41. The molecule has 6 nitrogen and oxygen atoms in total. The summed E-state index contributed by atoms with van der Waals surface area (Å²) in [6.07, 6.45) is 2.74. The van der Waals surface area contributed by atoms with Crippen LogP contribution in [0.2, 0.25) is 0 Å². The number of rotatable bonds is 5. The molecule has 2 aromatic heterocycles. The Morgan fingerprint density at radius 1 is 1.22 bits per heavy atom. The number of aromatic nitrogens is 4. The number of aromatic amines is 2. The van der Waals surface area contributed by atoms with Crippen LogP contribution in [-0.2, 0) is 13.0 Å². The molecule has 3 aromatic rings. The Morgan fingerprint density at radius 2 is 1.96 bits per heavy atom. The van der Waals surface area contributed by atoms with E-state index in [1.807, 2.05) is 24.3 Å². The predicted molar refractivity (Wildman–Crippen MR) is 97.8 cm³/mol. The third kappa shape index (κ3) is 3.39. The number of imidazole rings is 1. The Labute approximate surface area is 146 Å². The number of fused-ring (bicyclic) bond motifs is 1. The molecule has 0 amide bonds. The molecule has 0 bridgehead atoms. The van der Waals surface area contributed by atoms with E-state index >= 15 is 0 Å². The van der Waals surface area contributed by atoms with Gasteiger partial charge < -0.3 is 4.98 Å². The quantitative estimate of drug-likeness (QED) is 0.618. The van der Waals surface area contributed by atoms with Gasteiger partial charge in [-0.05, 0) is 46.7 Å². The maximum atomic E-state index is 12.6. The lowest BCUT2D eigenvalue weighted by Crippen LogP contribution is -2.30. The fourth-order valence-electron chi connectivity index (χ4n) is 2.45. The Balaban J connectivity index is 2.01. The summed E-state index contributed by atoms with van der Waals surface area (Å²) in [4.78, 5) is 32.0. The Kier molecular flexibility index (Phi) is 4.65. The van der Waals surface area contributed by atoms with Crippen molar-refractivity contribution in [1.29, 1.82) is 0 Å². The van der Waals surface area contributed by atoms with E-state index in [0.29, 0.717) is 12.4 Å². The van der Waals surface area contributed by atoms with Crippen LogP contribution in [0.25, 0.3) is 11.0 Å². The van der Waals surface area contributed by atoms with Gasteiger partial charge in [-0.15, -0.1) is 0 Å². The normalized spacial score (nSPS) is 11.2. The maximum Gasteiger partial charge on any atom is 0.291 e. The van der Waals surface area contributed by atoms with E-state index in [-0.39, 0.29) is 22.2 Å². The molecule has 0 aliphatic rings. The van der Waals surface area contributed by atoms with Gasteiger partial charge >= 0.3 is 0 Å². The predicted octanol–water partition coefficient (Wildman–Crippen LogP) is 2.41. The lowest BCUT2D eigenvalue weighted by molar-refractivity contribution is 0.635. The molecule has 1 aromatic carbocycles. The Bertz CT molecular complexity index is 937. The Morgan fingerprint density at radius 3 is 2.65 bits per heavy atom. The van der Waals surface area contributed by atoms with Gasteiger partial charge in [0.05, 0.1) is 6.54 Å². The van der Waals surface area contributed by atoms with Gasteiger partial charge in [0.25, 0.3) is 11.1 Å². The fraction of sp³-hybridized carbons (Fsp3) is 0.312. The van der Waals surface area contributed by atoms with E-state index < -0.39 is 0 Å². The number of nitrogens with zero attached hydrogens (tertiary/aromatic N) is 2. The number of hydrogen-bond donors (Lipinski definition) is 2. The maximum absolute atomic E-state index is 12.6. The number of nitrogens with one attached hydrogen (secondary N) is 2. The van der Waals surface area contributed by atoms with Gasteiger partial charge in [0.15, 0.2) is 5.52 Å². The lowest BCUT2D eigenvalue weighted by Gasteiger charge is -2.05. The average Bonchev–Trinajstić information content (AvgIpc) is 2.97. The molecule has 0 aliphatic carbocycles. The van der Waals surface area contributed by atoms with Crippen LogP contribution in [-0.4, -0.2) is 19.7 Å². The molecular weight excluding hydrogens is 407 g/mol. The minimum Gasteiger partial charge on any atom is -0.337 e. The van der Waals surface area contributed by atoms with Crippen LogP contribution in [0.15, 0.2) is 33.9 Å². The van der Waals surface area contributed by atoms with Crippen LogP contribution in [0.4, 0.5) is 0 Å². The van der Waals surface area contributed by atoms with Crippen molar-refractivity contribution in [2.24, 2.45) is 0 Å². The molecule has 7 heteroatoms. The largest absolute Gasteiger partial charge is 0.337 e. The van der Waals surface area contributed by atoms with Gasteiger partial charge in [-0.2, -0.15) is 0 Å². The van der Waals surface area contributed by atoms with Crippen molar-refractivity contribution in [2.45, 2.75) is 32.7 Å². The fourth-order valence-corrected chi connectivity index (χ4v) is 2.81. The second-order valence-electron chi connectivity index (χ2n) is 5.47. The molecule has 0 radical (unpaired) electrons. The van der Waals surface area contributed by atoms with E-state index in [0.717, 1.165) is 28.4 Å². The van der Waals surface area contributed by atoms with Gasteiger partial charge in [0, 0.05) is 9.99 Å². The van der Waals surface area contributed by atoms with E-state index in [4.69, 9.17) is 0 Å². The van der Waals surface area contributed by atoms with Crippen molar-refractivity contribution in [3.05, 3.63) is 59.9 Å². The molecule has 120 valence electrons. The third-order valence-corrected chi connectivity index (χ3v) is 4.40. The average molecular weight is 424 g/mol. The molecule has 0 atom stereocenters. The Hall–Kier alpha value is -1.90. The van der Waals surface area contributed by atoms with Crippen LogP contribution in [0.5, 0.6) is 0 Å². The van der Waals surface area contributed by atoms with E-state index in [2.05, 4.69) is 44.6 Å². The smallest absolute Gasteiger partial charge is 0.291 e. The molecule has 2 heterocycles. The summed E-state index contributed by atoms with van der Waals surface area (Å²) in [7, 11) is 0. The topological polar surface area (TPSA) is 83.5 Å². The highest BCUT2D eigenvalue weighted by molar-refractivity contribution is 14.1. The highest BCUT2D eigenvalue weighted by Crippen LogP contribution is 2.08. The van der Waals surface area contributed by atoms with Crippen molar-refractivity contribution in [3.63, 3.8) is 0 Å². The first-order chi connectivity index (χ1) is 11.1.